The Hall–Kier alpha value is -3.21. The van der Waals surface area contributed by atoms with E-state index in [-0.39, 0.29) is 18.4 Å². The number of ether oxygens (including phenoxy) is 1. The second-order valence-corrected chi connectivity index (χ2v) is 11.4. The number of carbonyl (C=O) groups is 2. The highest BCUT2D eigenvalue weighted by atomic mass is 32.2. The lowest BCUT2D eigenvalue weighted by atomic mass is 9.73. The number of likely N-dealkylation sites (tertiary alicyclic amines) is 1. The molecule has 0 aliphatic carbocycles. The van der Waals surface area contributed by atoms with Gasteiger partial charge in [0.2, 0.25) is 5.91 Å². The fourth-order valence-corrected chi connectivity index (χ4v) is 8.27. The van der Waals surface area contributed by atoms with Gasteiger partial charge in [0.15, 0.2) is 5.54 Å². The minimum atomic E-state index is -1.48. The number of fused-ring (bicyclic) bond motifs is 3. The van der Waals surface area contributed by atoms with Crippen molar-refractivity contribution in [3.05, 3.63) is 83.6 Å². The summed E-state index contributed by atoms with van der Waals surface area (Å²) in [5, 5.41) is 0. The molecule has 4 heterocycles. The summed E-state index contributed by atoms with van der Waals surface area (Å²) in [4.78, 5) is 33.9. The number of likely N-dealkylation sites (N-methyl/N-ethyl adjacent to an activating group) is 2. The van der Waals surface area contributed by atoms with Crippen LogP contribution in [-0.4, -0.2) is 58.4 Å². The maximum absolute atomic E-state index is 14.7. The summed E-state index contributed by atoms with van der Waals surface area (Å²) in [7, 11) is 5.06. The summed E-state index contributed by atoms with van der Waals surface area (Å²) in [5.74, 6) is -0.270. The summed E-state index contributed by atoms with van der Waals surface area (Å²) < 4.78 is 24.8. The number of hydrogen-bond donors (Lipinski definition) is 0. The molecule has 0 unspecified atom stereocenters. The SMILES string of the molecule is COc1ccc(CN2C(=O)[C@@]3(SC2=S)[C@H](c2ccco2)CN(C)[C@]32C(=O)N(C)c3ccc(F)cc32)cc1. The maximum atomic E-state index is 14.7. The van der Waals surface area contributed by atoms with Crippen LogP contribution in [0.3, 0.4) is 0 Å². The highest BCUT2D eigenvalue weighted by molar-refractivity contribution is 8.25. The molecule has 2 aromatic carbocycles. The van der Waals surface area contributed by atoms with Gasteiger partial charge in [-0.15, -0.1) is 0 Å². The zero-order chi connectivity index (χ0) is 26.1. The van der Waals surface area contributed by atoms with Crippen molar-refractivity contribution >= 4 is 45.8 Å². The van der Waals surface area contributed by atoms with Crippen LogP contribution in [0.1, 0.15) is 22.8 Å². The molecule has 7 nitrogen and oxygen atoms in total. The summed E-state index contributed by atoms with van der Waals surface area (Å²) in [6, 6.07) is 15.3. The maximum Gasteiger partial charge on any atom is 0.254 e. The zero-order valence-corrected chi connectivity index (χ0v) is 22.1. The predicted molar refractivity (Wildman–Crippen MR) is 142 cm³/mol. The van der Waals surface area contributed by atoms with Crippen LogP contribution < -0.4 is 9.64 Å². The molecule has 6 rings (SSSR count). The third-order valence-electron chi connectivity index (χ3n) is 7.80. The van der Waals surface area contributed by atoms with E-state index in [1.54, 1.807) is 44.5 Å². The average molecular weight is 538 g/mol. The Morgan fingerprint density at radius 3 is 2.57 bits per heavy atom. The molecular formula is C27H24FN3O4S2. The van der Waals surface area contributed by atoms with Crippen LogP contribution in [0.15, 0.2) is 65.3 Å². The van der Waals surface area contributed by atoms with Gasteiger partial charge in [-0.2, -0.15) is 0 Å². The monoisotopic (exact) mass is 537 g/mol. The number of anilines is 1. The summed E-state index contributed by atoms with van der Waals surface area (Å²) >= 11 is 7.01. The molecule has 0 saturated carbocycles. The molecule has 2 saturated heterocycles. The van der Waals surface area contributed by atoms with Crippen molar-refractivity contribution in [1.29, 1.82) is 0 Å². The number of methoxy groups -OCH3 is 1. The Labute approximate surface area is 223 Å². The molecule has 0 bridgehead atoms. The minimum Gasteiger partial charge on any atom is -0.497 e. The molecule has 0 radical (unpaired) electrons. The summed E-state index contributed by atoms with van der Waals surface area (Å²) in [6.07, 6.45) is 1.56. The number of thiocarbonyl (C=S) groups is 1. The largest absolute Gasteiger partial charge is 0.497 e. The lowest BCUT2D eigenvalue weighted by Gasteiger charge is -2.41. The van der Waals surface area contributed by atoms with E-state index in [1.165, 1.54) is 28.8 Å². The van der Waals surface area contributed by atoms with Crippen molar-refractivity contribution in [2.75, 3.05) is 32.6 Å². The van der Waals surface area contributed by atoms with Gasteiger partial charge >= 0.3 is 0 Å². The van der Waals surface area contributed by atoms with Gasteiger partial charge in [0.25, 0.3) is 5.91 Å². The Bertz CT molecular complexity index is 1430. The number of hydrogen-bond acceptors (Lipinski definition) is 7. The number of amides is 2. The van der Waals surface area contributed by atoms with Crippen LogP contribution in [0.5, 0.6) is 5.75 Å². The van der Waals surface area contributed by atoms with E-state index < -0.39 is 22.0 Å². The average Bonchev–Trinajstić information content (AvgIpc) is 3.61. The van der Waals surface area contributed by atoms with Gasteiger partial charge in [-0.3, -0.25) is 19.4 Å². The quantitative estimate of drug-likeness (QED) is 0.464. The summed E-state index contributed by atoms with van der Waals surface area (Å²) in [5.41, 5.74) is 0.430. The number of carbonyl (C=O) groups excluding carboxylic acids is 2. The topological polar surface area (TPSA) is 66.2 Å². The van der Waals surface area contributed by atoms with Gasteiger partial charge in [0.05, 0.1) is 25.8 Å². The molecule has 3 aliphatic heterocycles. The van der Waals surface area contributed by atoms with Crippen molar-refractivity contribution in [2.45, 2.75) is 22.7 Å². The zero-order valence-electron chi connectivity index (χ0n) is 20.4. The third-order valence-corrected chi connectivity index (χ3v) is 9.74. The van der Waals surface area contributed by atoms with Crippen LogP contribution >= 0.6 is 24.0 Å². The standard InChI is InChI=1S/C27H24FN3O4S2/c1-29-15-20(22-5-4-12-35-22)27(26(29)19-13-17(28)8-11-21(19)30(2)23(26)32)24(33)31(25(36)37-27)14-16-6-9-18(34-3)10-7-16/h4-13,20H,14-15H2,1-3H3/t20-,26+,27-/m0/s1. The number of rotatable bonds is 4. The molecule has 2 fully saturated rings. The van der Waals surface area contributed by atoms with Crippen LogP contribution in [-0.2, 0) is 21.7 Å². The third kappa shape index (κ3) is 3.06. The van der Waals surface area contributed by atoms with Crippen LogP contribution in [0.25, 0.3) is 0 Å². The predicted octanol–water partition coefficient (Wildman–Crippen LogP) is 4.13. The first-order valence-corrected chi connectivity index (χ1v) is 13.0. The number of thioether (sulfide) groups is 1. The van der Waals surface area contributed by atoms with E-state index in [0.717, 1.165) is 5.56 Å². The van der Waals surface area contributed by atoms with E-state index in [1.807, 2.05) is 35.2 Å². The molecule has 37 heavy (non-hydrogen) atoms. The van der Waals surface area contributed by atoms with Gasteiger partial charge in [0.1, 0.15) is 26.4 Å². The molecule has 3 aliphatic rings. The van der Waals surface area contributed by atoms with Gasteiger partial charge in [-0.05, 0) is 55.1 Å². The van der Waals surface area contributed by atoms with Crippen molar-refractivity contribution < 1.29 is 23.1 Å². The first kappa shape index (κ1) is 24.1. The normalized spacial score (nSPS) is 27.2. The lowest BCUT2D eigenvalue weighted by Crippen LogP contribution is -2.62. The van der Waals surface area contributed by atoms with E-state index in [9.17, 15) is 14.0 Å². The van der Waals surface area contributed by atoms with Gasteiger partial charge in [-0.1, -0.05) is 36.1 Å². The number of furan rings is 1. The second kappa shape index (κ2) is 8.41. The van der Waals surface area contributed by atoms with Crippen molar-refractivity contribution in [2.24, 2.45) is 0 Å². The first-order valence-electron chi connectivity index (χ1n) is 11.8. The van der Waals surface area contributed by atoms with Crippen LogP contribution in [0, 0.1) is 5.82 Å². The van der Waals surface area contributed by atoms with E-state index in [2.05, 4.69) is 0 Å². The smallest absolute Gasteiger partial charge is 0.254 e. The fourth-order valence-electron chi connectivity index (χ4n) is 6.16. The van der Waals surface area contributed by atoms with Crippen LogP contribution in [0.2, 0.25) is 0 Å². The molecule has 0 N–H and O–H groups in total. The number of nitrogens with zero attached hydrogens (tertiary/aromatic N) is 3. The van der Waals surface area contributed by atoms with Crippen molar-refractivity contribution in [1.82, 2.24) is 9.80 Å². The molecular weight excluding hydrogens is 513 g/mol. The Balaban J connectivity index is 1.55. The van der Waals surface area contributed by atoms with E-state index in [4.69, 9.17) is 21.4 Å². The number of benzene rings is 2. The van der Waals surface area contributed by atoms with Crippen molar-refractivity contribution in [3.8, 4) is 5.75 Å². The molecule has 2 spiro atoms. The minimum absolute atomic E-state index is 0.237. The molecule has 3 atom stereocenters. The fraction of sp³-hybridized carbons (Fsp3) is 0.296. The van der Waals surface area contributed by atoms with Gasteiger partial charge in [0, 0.05) is 24.8 Å². The van der Waals surface area contributed by atoms with Gasteiger partial charge in [-0.25, -0.2) is 4.39 Å². The molecule has 10 heteroatoms. The molecule has 3 aromatic rings. The first-order chi connectivity index (χ1) is 17.8. The second-order valence-electron chi connectivity index (χ2n) is 9.53. The summed E-state index contributed by atoms with van der Waals surface area (Å²) in [6.45, 7) is 0.585. The van der Waals surface area contributed by atoms with E-state index >= 15 is 0 Å². The highest BCUT2D eigenvalue weighted by Crippen LogP contribution is 2.66. The Kier molecular flexibility index (Phi) is 5.48. The highest BCUT2D eigenvalue weighted by Gasteiger charge is 2.79. The van der Waals surface area contributed by atoms with Crippen molar-refractivity contribution in [3.63, 3.8) is 0 Å². The molecule has 190 valence electrons. The lowest BCUT2D eigenvalue weighted by molar-refractivity contribution is -0.139. The van der Waals surface area contributed by atoms with Crippen LogP contribution in [0.4, 0.5) is 10.1 Å². The molecule has 1 aromatic heterocycles. The Morgan fingerprint density at radius 1 is 1.14 bits per heavy atom. The van der Waals surface area contributed by atoms with E-state index in [0.29, 0.717) is 33.6 Å². The molecule has 2 amide bonds. The Morgan fingerprint density at radius 2 is 1.89 bits per heavy atom. The number of halogens is 1. The van der Waals surface area contributed by atoms with Gasteiger partial charge < -0.3 is 14.1 Å².